The van der Waals surface area contributed by atoms with Gasteiger partial charge >= 0.3 is 0 Å². The van der Waals surface area contributed by atoms with Gasteiger partial charge in [0.2, 0.25) is 5.91 Å². The summed E-state index contributed by atoms with van der Waals surface area (Å²) in [5.41, 5.74) is 0. The van der Waals surface area contributed by atoms with Gasteiger partial charge < -0.3 is 15.2 Å². The topological polar surface area (TPSA) is 58.6 Å². The molecular weight excluding hydrogens is 242 g/mol. The molecule has 2 rings (SSSR count). The highest BCUT2D eigenvalue weighted by Gasteiger charge is 2.32. The van der Waals surface area contributed by atoms with Crippen molar-refractivity contribution in [1.29, 1.82) is 0 Å². The molecule has 0 saturated heterocycles. The van der Waals surface area contributed by atoms with Crippen molar-refractivity contribution >= 4 is 5.91 Å². The van der Waals surface area contributed by atoms with E-state index >= 15 is 0 Å². The SMILES string of the molecule is CCOC1CC(CC(=O)NC2CCCCCC2O)C1. The third-order valence-electron chi connectivity index (χ3n) is 4.39. The maximum absolute atomic E-state index is 12.0. The van der Waals surface area contributed by atoms with E-state index in [0.29, 0.717) is 18.4 Å². The molecule has 4 nitrogen and oxygen atoms in total. The zero-order valence-electron chi connectivity index (χ0n) is 11.9. The highest BCUT2D eigenvalue weighted by atomic mass is 16.5. The molecule has 0 aromatic rings. The fourth-order valence-corrected chi connectivity index (χ4v) is 3.20. The third kappa shape index (κ3) is 4.46. The predicted octanol–water partition coefficient (Wildman–Crippen LogP) is 2.00. The molecule has 0 spiro atoms. The molecule has 2 aliphatic rings. The minimum Gasteiger partial charge on any atom is -0.391 e. The molecule has 19 heavy (non-hydrogen) atoms. The average Bonchev–Trinajstić information content (AvgIpc) is 2.52. The molecule has 2 atom stereocenters. The molecule has 0 aromatic heterocycles. The van der Waals surface area contributed by atoms with E-state index in [1.807, 2.05) is 6.92 Å². The van der Waals surface area contributed by atoms with E-state index in [0.717, 1.165) is 45.1 Å². The van der Waals surface area contributed by atoms with Crippen LogP contribution in [0.3, 0.4) is 0 Å². The first-order chi connectivity index (χ1) is 9.19. The Balaban J connectivity index is 1.66. The second kappa shape index (κ2) is 7.25. The van der Waals surface area contributed by atoms with E-state index in [9.17, 15) is 9.90 Å². The summed E-state index contributed by atoms with van der Waals surface area (Å²) in [6.07, 6.45) is 7.71. The van der Waals surface area contributed by atoms with Crippen LogP contribution in [0.15, 0.2) is 0 Å². The molecule has 2 saturated carbocycles. The number of ether oxygens (including phenoxy) is 1. The number of aliphatic hydroxyl groups excluding tert-OH is 1. The average molecular weight is 269 g/mol. The molecule has 110 valence electrons. The Bertz CT molecular complexity index is 289. The van der Waals surface area contributed by atoms with E-state index in [1.54, 1.807) is 0 Å². The van der Waals surface area contributed by atoms with Crippen LogP contribution in [0.25, 0.3) is 0 Å². The van der Waals surface area contributed by atoms with Gasteiger partial charge in [0.1, 0.15) is 0 Å². The van der Waals surface area contributed by atoms with E-state index < -0.39 is 0 Å². The van der Waals surface area contributed by atoms with Crippen LogP contribution in [0, 0.1) is 5.92 Å². The van der Waals surface area contributed by atoms with Gasteiger partial charge in [-0.3, -0.25) is 4.79 Å². The van der Waals surface area contributed by atoms with Crippen LogP contribution in [0.4, 0.5) is 0 Å². The first-order valence-corrected chi connectivity index (χ1v) is 7.78. The highest BCUT2D eigenvalue weighted by Crippen LogP contribution is 2.32. The molecular formula is C15H27NO3. The zero-order chi connectivity index (χ0) is 13.7. The molecule has 0 heterocycles. The summed E-state index contributed by atoms with van der Waals surface area (Å²) < 4.78 is 5.50. The quantitative estimate of drug-likeness (QED) is 0.751. The van der Waals surface area contributed by atoms with Crippen molar-refractivity contribution in [2.75, 3.05) is 6.61 Å². The lowest BCUT2D eigenvalue weighted by Gasteiger charge is -2.35. The summed E-state index contributed by atoms with van der Waals surface area (Å²) in [5.74, 6) is 0.574. The first-order valence-electron chi connectivity index (χ1n) is 7.78. The van der Waals surface area contributed by atoms with Crippen molar-refractivity contribution < 1.29 is 14.6 Å². The van der Waals surface area contributed by atoms with Gasteiger partial charge in [0, 0.05) is 13.0 Å². The van der Waals surface area contributed by atoms with Crippen LogP contribution in [0.1, 0.15) is 58.3 Å². The molecule has 2 aliphatic carbocycles. The monoisotopic (exact) mass is 269 g/mol. The number of rotatable bonds is 5. The van der Waals surface area contributed by atoms with Crippen molar-refractivity contribution in [3.8, 4) is 0 Å². The molecule has 1 amide bonds. The summed E-state index contributed by atoms with van der Waals surface area (Å²) in [6.45, 7) is 2.77. The molecule has 2 N–H and O–H groups in total. The number of nitrogens with one attached hydrogen (secondary N) is 1. The number of hydrogen-bond acceptors (Lipinski definition) is 3. The fraction of sp³-hybridized carbons (Fsp3) is 0.933. The molecule has 0 aromatic carbocycles. The van der Waals surface area contributed by atoms with Gasteiger partial charge in [-0.05, 0) is 38.5 Å². The number of amides is 1. The van der Waals surface area contributed by atoms with Crippen molar-refractivity contribution in [1.82, 2.24) is 5.32 Å². The van der Waals surface area contributed by atoms with Crippen LogP contribution in [0.2, 0.25) is 0 Å². The lowest BCUT2D eigenvalue weighted by Crippen LogP contribution is -2.44. The van der Waals surface area contributed by atoms with Crippen LogP contribution >= 0.6 is 0 Å². The highest BCUT2D eigenvalue weighted by molar-refractivity contribution is 5.76. The van der Waals surface area contributed by atoms with E-state index in [2.05, 4.69) is 5.32 Å². The van der Waals surface area contributed by atoms with Crippen LogP contribution in [-0.4, -0.2) is 35.9 Å². The number of aliphatic hydroxyl groups is 1. The summed E-state index contributed by atoms with van der Waals surface area (Å²) >= 11 is 0. The van der Waals surface area contributed by atoms with Crippen molar-refractivity contribution in [3.63, 3.8) is 0 Å². The van der Waals surface area contributed by atoms with Gasteiger partial charge in [0.25, 0.3) is 0 Å². The van der Waals surface area contributed by atoms with Crippen molar-refractivity contribution in [3.05, 3.63) is 0 Å². The third-order valence-corrected chi connectivity index (χ3v) is 4.39. The van der Waals surface area contributed by atoms with Crippen LogP contribution in [-0.2, 0) is 9.53 Å². The van der Waals surface area contributed by atoms with Gasteiger partial charge in [0.15, 0.2) is 0 Å². The van der Waals surface area contributed by atoms with E-state index in [1.165, 1.54) is 6.42 Å². The van der Waals surface area contributed by atoms with Gasteiger partial charge in [-0.1, -0.05) is 19.3 Å². The second-order valence-electron chi connectivity index (χ2n) is 6.00. The normalized spacial score (nSPS) is 35.3. The summed E-state index contributed by atoms with van der Waals surface area (Å²) in [4.78, 5) is 12.0. The Morgan fingerprint density at radius 3 is 2.74 bits per heavy atom. The molecule has 2 unspecified atom stereocenters. The first kappa shape index (κ1) is 14.8. The number of carbonyl (C=O) groups excluding carboxylic acids is 1. The van der Waals surface area contributed by atoms with Crippen LogP contribution < -0.4 is 5.32 Å². The van der Waals surface area contributed by atoms with Crippen LogP contribution in [0.5, 0.6) is 0 Å². The molecule has 0 bridgehead atoms. The van der Waals surface area contributed by atoms with Crippen molar-refractivity contribution in [2.45, 2.75) is 76.5 Å². The van der Waals surface area contributed by atoms with E-state index in [-0.39, 0.29) is 18.1 Å². The predicted molar refractivity (Wildman–Crippen MR) is 73.8 cm³/mol. The Morgan fingerprint density at radius 2 is 2.00 bits per heavy atom. The Labute approximate surface area is 115 Å². The summed E-state index contributed by atoms with van der Waals surface area (Å²) in [6, 6.07) is -0.0298. The molecule has 2 fully saturated rings. The lowest BCUT2D eigenvalue weighted by atomic mass is 9.80. The number of hydrogen-bond donors (Lipinski definition) is 2. The zero-order valence-corrected chi connectivity index (χ0v) is 11.9. The minimum atomic E-state index is -0.357. The molecule has 0 radical (unpaired) electrons. The van der Waals surface area contributed by atoms with Gasteiger partial charge in [0.05, 0.1) is 18.2 Å². The van der Waals surface area contributed by atoms with Gasteiger partial charge in [-0.15, -0.1) is 0 Å². The maximum Gasteiger partial charge on any atom is 0.220 e. The Hall–Kier alpha value is -0.610. The summed E-state index contributed by atoms with van der Waals surface area (Å²) in [5, 5.41) is 13.0. The Kier molecular flexibility index (Phi) is 5.64. The van der Waals surface area contributed by atoms with Gasteiger partial charge in [-0.2, -0.15) is 0 Å². The minimum absolute atomic E-state index is 0.0298. The van der Waals surface area contributed by atoms with Crippen molar-refractivity contribution in [2.24, 2.45) is 5.92 Å². The maximum atomic E-state index is 12.0. The van der Waals surface area contributed by atoms with E-state index in [4.69, 9.17) is 4.74 Å². The Morgan fingerprint density at radius 1 is 1.26 bits per heavy atom. The molecule has 4 heteroatoms. The second-order valence-corrected chi connectivity index (χ2v) is 6.00. The molecule has 0 aliphatic heterocycles. The smallest absolute Gasteiger partial charge is 0.220 e. The summed E-state index contributed by atoms with van der Waals surface area (Å²) in [7, 11) is 0. The van der Waals surface area contributed by atoms with Gasteiger partial charge in [-0.25, -0.2) is 0 Å². The number of carbonyl (C=O) groups is 1. The largest absolute Gasteiger partial charge is 0.391 e. The fourth-order valence-electron chi connectivity index (χ4n) is 3.20. The lowest BCUT2D eigenvalue weighted by molar-refractivity contribution is -0.125. The standard InChI is InChI=1S/C15H27NO3/c1-2-19-12-8-11(9-12)10-15(18)16-13-6-4-3-5-7-14(13)17/h11-14,17H,2-10H2,1H3,(H,16,18).